The van der Waals surface area contributed by atoms with Gasteiger partial charge in [-0.15, -0.1) is 0 Å². The molecule has 8 heterocycles. The Morgan fingerprint density at radius 2 is 1.12 bits per heavy atom. The maximum Gasteiger partial charge on any atom is 0.270 e. The molecule has 10 rings (SSSR count). The Morgan fingerprint density at radius 3 is 1.57 bits per heavy atom. The van der Waals surface area contributed by atoms with E-state index in [1.165, 1.54) is 18.5 Å². The topological polar surface area (TPSA) is 237 Å². The first-order chi connectivity index (χ1) is 32.5. The molecule has 2 saturated carbocycles. The fraction of sp³-hybridized carbons (Fsp3) is 0.447. The van der Waals surface area contributed by atoms with Gasteiger partial charge in [0.25, 0.3) is 11.1 Å². The molecule has 6 aromatic heterocycles. The zero-order valence-corrected chi connectivity index (χ0v) is 39.0. The SMILES string of the molecule is CN1CCN(c2ccc(N)cn2)CC1.CN1CCN(c2ccc(Nc3ncc4cc(C#N)c(=O)n(C5CCCC5)c4n3)cn2)CC1.CS(=O)c1ncc2cc(C#N)c(=O)n(C3CCCC3)c2n1. The number of rotatable bonds is 7. The number of nitrogens with zero attached hydrogens (tertiary/aromatic N) is 14. The third-order valence-electron chi connectivity index (χ3n) is 12.8. The summed E-state index contributed by atoms with van der Waals surface area (Å²) in [6.07, 6.45) is 16.1. The van der Waals surface area contributed by atoms with Crippen molar-refractivity contribution in [2.24, 2.45) is 0 Å². The Labute approximate surface area is 391 Å². The molecule has 0 aromatic carbocycles. The third-order valence-corrected chi connectivity index (χ3v) is 13.5. The minimum Gasteiger partial charge on any atom is -0.397 e. The highest BCUT2D eigenvalue weighted by atomic mass is 32.2. The molecule has 1 atom stereocenters. The van der Waals surface area contributed by atoms with Crippen LogP contribution in [0.2, 0.25) is 0 Å². The van der Waals surface area contributed by atoms with Crippen LogP contribution in [-0.2, 0) is 10.8 Å². The van der Waals surface area contributed by atoms with Crippen molar-refractivity contribution < 1.29 is 4.21 Å². The van der Waals surface area contributed by atoms with Gasteiger partial charge in [0.15, 0.2) is 0 Å². The van der Waals surface area contributed by atoms with Crippen LogP contribution in [0.4, 0.5) is 29.0 Å². The Kier molecular flexibility index (Phi) is 14.7. The Morgan fingerprint density at radius 1 is 0.642 bits per heavy atom. The largest absolute Gasteiger partial charge is 0.397 e. The first kappa shape index (κ1) is 46.7. The molecule has 20 heteroatoms. The maximum atomic E-state index is 12.9. The summed E-state index contributed by atoms with van der Waals surface area (Å²) in [6, 6.07) is 15.0. The van der Waals surface area contributed by atoms with Gasteiger partial charge >= 0.3 is 0 Å². The minimum absolute atomic E-state index is 0.0568. The molecule has 0 bridgehead atoms. The number of hydrogen-bond acceptors (Lipinski definition) is 17. The normalized spacial score (nSPS) is 17.6. The molecule has 0 radical (unpaired) electrons. The van der Waals surface area contributed by atoms with Gasteiger partial charge in [-0.2, -0.15) is 15.5 Å². The number of pyridine rings is 4. The molecule has 0 spiro atoms. The van der Waals surface area contributed by atoms with E-state index < -0.39 is 10.8 Å². The van der Waals surface area contributed by atoms with Gasteiger partial charge in [-0.3, -0.25) is 22.9 Å². The molecular formula is C47H56N16O3S. The number of likely N-dealkylation sites (N-methyl/N-ethyl adjacent to an activating group) is 2. The zero-order chi connectivity index (χ0) is 47.0. The number of anilines is 5. The molecule has 4 aliphatic rings. The molecule has 6 aromatic rings. The van der Waals surface area contributed by atoms with Gasteiger partial charge in [-0.05, 0) is 76.2 Å². The van der Waals surface area contributed by atoms with Crippen LogP contribution in [-0.4, -0.2) is 126 Å². The molecular weight excluding hydrogens is 869 g/mol. The summed E-state index contributed by atoms with van der Waals surface area (Å²) in [5, 5.41) is 23.3. The molecule has 348 valence electrons. The van der Waals surface area contributed by atoms with Crippen molar-refractivity contribution in [3.63, 3.8) is 0 Å². The van der Waals surface area contributed by atoms with Gasteiger partial charge in [0.1, 0.15) is 46.2 Å². The average Bonchev–Trinajstić information content (AvgIpc) is 4.09. The maximum absolute atomic E-state index is 12.9. The summed E-state index contributed by atoms with van der Waals surface area (Å²) >= 11 is 0. The number of nitrogens with one attached hydrogen (secondary N) is 1. The highest BCUT2D eigenvalue weighted by Crippen LogP contribution is 2.32. The lowest BCUT2D eigenvalue weighted by Gasteiger charge is -2.33. The van der Waals surface area contributed by atoms with E-state index in [9.17, 15) is 19.1 Å². The standard InChI is InChI=1S/C23H26N8O.C14H14N4O2S.C10H16N4/c1-29-8-10-30(11-9-29)20-7-6-18(15-25-20)27-23-26-14-17-12-16(13-24)22(32)31(21(17)28-23)19-4-2-3-5-19;1-21(20)14-16-8-10-6-9(7-15)13(19)18(12(10)17-14)11-4-2-3-5-11;1-13-4-6-14(7-5-13)10-3-2-9(11)8-12-10/h6-7,12,14-15,19H,2-5,8-11H2,1H3,(H,26,27,28);6,8,11H,2-5H2,1H3;2-3,8H,4-7,11H2,1H3. The van der Waals surface area contributed by atoms with E-state index in [0.29, 0.717) is 28.0 Å². The van der Waals surface area contributed by atoms with Crippen molar-refractivity contribution in [1.82, 2.24) is 48.8 Å². The average molecular weight is 925 g/mol. The molecule has 2 aliphatic heterocycles. The summed E-state index contributed by atoms with van der Waals surface area (Å²) < 4.78 is 14.9. The number of fused-ring (bicyclic) bond motifs is 2. The van der Waals surface area contributed by atoms with Crippen molar-refractivity contribution in [2.75, 3.05) is 93.6 Å². The van der Waals surface area contributed by atoms with E-state index in [4.69, 9.17) is 11.0 Å². The van der Waals surface area contributed by atoms with Gasteiger partial charge in [-0.1, -0.05) is 25.7 Å². The van der Waals surface area contributed by atoms with Crippen LogP contribution in [0.25, 0.3) is 22.1 Å². The first-order valence-corrected chi connectivity index (χ1v) is 24.3. The van der Waals surface area contributed by atoms with Crippen molar-refractivity contribution in [3.05, 3.63) is 93.0 Å². The van der Waals surface area contributed by atoms with Crippen LogP contribution in [0, 0.1) is 22.7 Å². The number of aromatic nitrogens is 8. The predicted octanol–water partition coefficient (Wildman–Crippen LogP) is 4.60. The number of nitrogens with two attached hydrogens (primary N) is 1. The van der Waals surface area contributed by atoms with Gasteiger partial charge in [-0.25, -0.2) is 24.9 Å². The summed E-state index contributed by atoms with van der Waals surface area (Å²) in [6.45, 7) is 8.30. The molecule has 1 unspecified atom stereocenters. The molecule has 19 nitrogen and oxygen atoms in total. The van der Waals surface area contributed by atoms with Crippen molar-refractivity contribution in [2.45, 2.75) is 68.6 Å². The fourth-order valence-electron chi connectivity index (χ4n) is 9.02. The number of hydrogen-bond donors (Lipinski definition) is 2. The molecule has 2 saturated heterocycles. The van der Waals surface area contributed by atoms with E-state index >= 15 is 0 Å². The second-order valence-electron chi connectivity index (χ2n) is 17.5. The van der Waals surface area contributed by atoms with Crippen molar-refractivity contribution in [3.8, 4) is 12.1 Å². The van der Waals surface area contributed by atoms with Crippen LogP contribution in [0.5, 0.6) is 0 Å². The molecule has 4 fully saturated rings. The van der Waals surface area contributed by atoms with Crippen molar-refractivity contribution in [1.29, 1.82) is 10.5 Å². The summed E-state index contributed by atoms with van der Waals surface area (Å²) in [5.41, 5.74) is 7.80. The van der Waals surface area contributed by atoms with Crippen LogP contribution in [0.15, 0.2) is 75.9 Å². The van der Waals surface area contributed by atoms with Crippen LogP contribution < -0.4 is 32.0 Å². The highest BCUT2D eigenvalue weighted by Gasteiger charge is 2.25. The molecule has 67 heavy (non-hydrogen) atoms. The molecule has 2 aliphatic carbocycles. The zero-order valence-electron chi connectivity index (χ0n) is 38.2. The quantitative estimate of drug-likeness (QED) is 0.208. The van der Waals surface area contributed by atoms with E-state index in [1.54, 1.807) is 33.8 Å². The smallest absolute Gasteiger partial charge is 0.270 e. The van der Waals surface area contributed by atoms with Gasteiger partial charge in [0.05, 0.1) is 34.6 Å². The van der Waals surface area contributed by atoms with E-state index in [2.05, 4.69) is 68.9 Å². The summed E-state index contributed by atoms with van der Waals surface area (Å²) in [5.74, 6) is 2.40. The highest BCUT2D eigenvalue weighted by molar-refractivity contribution is 7.84. The first-order valence-electron chi connectivity index (χ1n) is 22.8. The molecule has 0 amide bonds. The summed E-state index contributed by atoms with van der Waals surface area (Å²) in [4.78, 5) is 60.9. The third kappa shape index (κ3) is 10.9. The van der Waals surface area contributed by atoms with Crippen LogP contribution >= 0.6 is 0 Å². The minimum atomic E-state index is -1.31. The summed E-state index contributed by atoms with van der Waals surface area (Å²) in [7, 11) is 2.97. The molecule has 3 N–H and O–H groups in total. The monoisotopic (exact) mass is 924 g/mol. The Balaban J connectivity index is 0.000000149. The number of nitriles is 2. The number of piperazine rings is 2. The fourth-order valence-corrected chi connectivity index (χ4v) is 9.43. The predicted molar refractivity (Wildman–Crippen MR) is 260 cm³/mol. The van der Waals surface area contributed by atoms with E-state index in [-0.39, 0.29) is 39.5 Å². The lowest BCUT2D eigenvalue weighted by Crippen LogP contribution is -2.44. The van der Waals surface area contributed by atoms with Gasteiger partial charge < -0.3 is 30.7 Å². The van der Waals surface area contributed by atoms with Gasteiger partial charge in [0.2, 0.25) is 11.1 Å². The second kappa shape index (κ2) is 21.2. The van der Waals surface area contributed by atoms with E-state index in [1.807, 2.05) is 36.4 Å². The Hall–Kier alpha value is -6.87. The lowest BCUT2D eigenvalue weighted by atomic mass is 10.2. The van der Waals surface area contributed by atoms with E-state index in [0.717, 1.165) is 127 Å². The second-order valence-corrected chi connectivity index (χ2v) is 18.8. The van der Waals surface area contributed by atoms with Gasteiger partial charge in [0, 0.05) is 93.9 Å². The lowest BCUT2D eigenvalue weighted by molar-refractivity contribution is 0.312. The number of nitrogen functional groups attached to an aromatic ring is 1. The van der Waals surface area contributed by atoms with Crippen molar-refractivity contribution >= 4 is 61.8 Å². The van der Waals surface area contributed by atoms with Crippen LogP contribution in [0.3, 0.4) is 0 Å². The van der Waals surface area contributed by atoms with Crippen LogP contribution in [0.1, 0.15) is 74.6 Å². The Bertz CT molecular complexity index is 2920.